The van der Waals surface area contributed by atoms with Gasteiger partial charge in [0.2, 0.25) is 5.88 Å². The van der Waals surface area contributed by atoms with Gasteiger partial charge in [-0.3, -0.25) is 4.79 Å². The molecule has 0 atom stereocenters. The zero-order valence-electron chi connectivity index (χ0n) is 11.9. The van der Waals surface area contributed by atoms with Crippen LogP contribution in [0.25, 0.3) is 0 Å². The summed E-state index contributed by atoms with van der Waals surface area (Å²) in [5.41, 5.74) is 0.134. The number of nitrogens with one attached hydrogen (secondary N) is 1. The van der Waals surface area contributed by atoms with Crippen LogP contribution in [0.1, 0.15) is 38.2 Å². The lowest BCUT2D eigenvalue weighted by Gasteiger charge is -2.13. The van der Waals surface area contributed by atoms with E-state index in [-0.39, 0.29) is 29.8 Å². The Balaban J connectivity index is 0.00000200. The Bertz CT molecular complexity index is 487. The van der Waals surface area contributed by atoms with Crippen molar-refractivity contribution in [1.82, 2.24) is 14.9 Å². The van der Waals surface area contributed by atoms with Crippen molar-refractivity contribution >= 4 is 24.2 Å². The Labute approximate surface area is 129 Å². The molecular formula is C13H22ClN3O2S. The lowest BCUT2D eigenvalue weighted by molar-refractivity contribution is 0.362. The van der Waals surface area contributed by atoms with Crippen molar-refractivity contribution in [3.63, 3.8) is 0 Å². The molecule has 0 saturated carbocycles. The molecule has 5 nitrogen and oxygen atoms in total. The van der Waals surface area contributed by atoms with Crippen molar-refractivity contribution in [3.05, 3.63) is 15.9 Å². The number of aromatic hydroxyl groups is 1. The second-order valence-electron chi connectivity index (χ2n) is 5.16. The Morgan fingerprint density at radius 2 is 2.05 bits per heavy atom. The van der Waals surface area contributed by atoms with Gasteiger partial charge >= 0.3 is 0 Å². The smallest absolute Gasteiger partial charge is 0.258 e. The fourth-order valence-corrected chi connectivity index (χ4v) is 3.18. The molecule has 1 aliphatic rings. The lowest BCUT2D eigenvalue weighted by atomic mass is 10.1. The molecule has 0 radical (unpaired) electrons. The molecule has 20 heavy (non-hydrogen) atoms. The normalized spacial score (nSPS) is 15.6. The number of thioether (sulfide) groups is 1. The van der Waals surface area contributed by atoms with E-state index in [4.69, 9.17) is 0 Å². The van der Waals surface area contributed by atoms with Crippen LogP contribution in [-0.2, 0) is 0 Å². The van der Waals surface area contributed by atoms with Crippen LogP contribution in [0.15, 0.2) is 9.95 Å². The Hall–Kier alpha value is -0.720. The van der Waals surface area contributed by atoms with Crippen LogP contribution in [0.3, 0.4) is 0 Å². The topological polar surface area (TPSA) is 69.2 Å². The first-order valence-corrected chi connectivity index (χ1v) is 7.75. The molecule has 0 amide bonds. The largest absolute Gasteiger partial charge is 0.493 e. The number of likely N-dealkylation sites (tertiary alicyclic amines) is 1. The maximum Gasteiger partial charge on any atom is 0.258 e. The molecule has 2 heterocycles. The van der Waals surface area contributed by atoms with Crippen LogP contribution in [0.5, 0.6) is 5.88 Å². The molecule has 0 bridgehead atoms. The highest BCUT2D eigenvalue weighted by Gasteiger charge is 2.15. The molecule has 1 fully saturated rings. The number of halogens is 1. The van der Waals surface area contributed by atoms with Gasteiger partial charge in [-0.25, -0.2) is 0 Å². The molecule has 2 N–H and O–H groups in total. The minimum atomic E-state index is -0.230. The number of hydrogen-bond acceptors (Lipinski definition) is 5. The van der Waals surface area contributed by atoms with E-state index in [1.807, 2.05) is 13.8 Å². The quantitative estimate of drug-likeness (QED) is 0.643. The summed E-state index contributed by atoms with van der Waals surface area (Å²) in [5, 5.41) is 10.3. The van der Waals surface area contributed by atoms with Crippen LogP contribution in [0.4, 0.5) is 0 Å². The van der Waals surface area contributed by atoms with Gasteiger partial charge in [0.05, 0.1) is 5.56 Å². The number of rotatable bonds is 5. The Kier molecular flexibility index (Phi) is 6.85. The first kappa shape index (κ1) is 17.3. The van der Waals surface area contributed by atoms with E-state index in [2.05, 4.69) is 14.9 Å². The van der Waals surface area contributed by atoms with E-state index in [0.717, 1.165) is 12.3 Å². The summed E-state index contributed by atoms with van der Waals surface area (Å²) in [5.74, 6) is 0.714. The highest BCUT2D eigenvalue weighted by atomic mass is 35.5. The maximum absolute atomic E-state index is 11.8. The van der Waals surface area contributed by atoms with Crippen molar-refractivity contribution < 1.29 is 5.11 Å². The third-order valence-corrected chi connectivity index (χ3v) is 4.19. The molecule has 1 aromatic rings. The predicted molar refractivity (Wildman–Crippen MR) is 84.3 cm³/mol. The zero-order valence-corrected chi connectivity index (χ0v) is 13.5. The van der Waals surface area contributed by atoms with Crippen LogP contribution in [0, 0.1) is 0 Å². The van der Waals surface area contributed by atoms with Crippen molar-refractivity contribution in [2.24, 2.45) is 0 Å². The average Bonchev–Trinajstić information content (AvgIpc) is 2.80. The molecule has 1 aliphatic heterocycles. The Morgan fingerprint density at radius 3 is 2.60 bits per heavy atom. The van der Waals surface area contributed by atoms with Gasteiger partial charge < -0.3 is 15.0 Å². The van der Waals surface area contributed by atoms with Gasteiger partial charge in [-0.05, 0) is 31.8 Å². The fraction of sp³-hybridized carbons (Fsp3) is 0.692. The van der Waals surface area contributed by atoms with Gasteiger partial charge in [-0.15, -0.1) is 12.4 Å². The minimum absolute atomic E-state index is 0. The highest BCUT2D eigenvalue weighted by Crippen LogP contribution is 2.22. The summed E-state index contributed by atoms with van der Waals surface area (Å²) >= 11 is 1.49. The van der Waals surface area contributed by atoms with E-state index >= 15 is 0 Å². The monoisotopic (exact) mass is 319 g/mol. The lowest BCUT2D eigenvalue weighted by Crippen LogP contribution is -2.22. The van der Waals surface area contributed by atoms with Crippen LogP contribution < -0.4 is 5.56 Å². The van der Waals surface area contributed by atoms with Crippen molar-refractivity contribution in [1.29, 1.82) is 0 Å². The number of hydrogen-bond donors (Lipinski definition) is 2. The van der Waals surface area contributed by atoms with E-state index in [9.17, 15) is 9.90 Å². The third kappa shape index (κ3) is 4.40. The van der Waals surface area contributed by atoms with E-state index in [1.54, 1.807) is 0 Å². The van der Waals surface area contributed by atoms with E-state index < -0.39 is 0 Å². The van der Waals surface area contributed by atoms with Crippen LogP contribution in [0.2, 0.25) is 0 Å². The standard InChI is InChI=1S/C13H21N3O2S.ClH/c1-9(2)10-11(17)14-13(15-12(10)18)19-8-7-16-5-3-4-6-16;/h9H,3-8H2,1-2H3,(H2,14,15,17,18);1H. The predicted octanol–water partition coefficient (Wildman–Crippen LogP) is 2.21. The molecule has 114 valence electrons. The first-order valence-electron chi connectivity index (χ1n) is 6.76. The van der Waals surface area contributed by atoms with Crippen molar-refractivity contribution in [2.45, 2.75) is 37.8 Å². The van der Waals surface area contributed by atoms with Gasteiger partial charge in [0.25, 0.3) is 5.56 Å². The molecule has 1 saturated heterocycles. The molecular weight excluding hydrogens is 298 g/mol. The summed E-state index contributed by atoms with van der Waals surface area (Å²) in [6.07, 6.45) is 2.56. The Morgan fingerprint density at radius 1 is 1.40 bits per heavy atom. The van der Waals surface area contributed by atoms with Gasteiger partial charge in [0.1, 0.15) is 0 Å². The average molecular weight is 320 g/mol. The second kappa shape index (κ2) is 7.90. The first-order chi connectivity index (χ1) is 9.08. The molecule has 0 aliphatic carbocycles. The number of nitrogens with zero attached hydrogens (tertiary/aromatic N) is 2. The minimum Gasteiger partial charge on any atom is -0.493 e. The highest BCUT2D eigenvalue weighted by molar-refractivity contribution is 7.99. The second-order valence-corrected chi connectivity index (χ2v) is 6.24. The van der Waals surface area contributed by atoms with Crippen molar-refractivity contribution in [2.75, 3.05) is 25.4 Å². The summed E-state index contributed by atoms with van der Waals surface area (Å²) in [4.78, 5) is 21.1. The number of H-pyrrole nitrogens is 1. The summed E-state index contributed by atoms with van der Waals surface area (Å²) in [7, 11) is 0. The van der Waals surface area contributed by atoms with Gasteiger partial charge in [-0.2, -0.15) is 4.98 Å². The van der Waals surface area contributed by atoms with Gasteiger partial charge in [-0.1, -0.05) is 25.6 Å². The molecule has 7 heteroatoms. The number of aromatic amines is 1. The van der Waals surface area contributed by atoms with Crippen LogP contribution in [-0.4, -0.2) is 45.4 Å². The maximum atomic E-state index is 11.8. The summed E-state index contributed by atoms with van der Waals surface area (Å²) in [6, 6.07) is 0. The molecule has 0 aromatic carbocycles. The fourth-order valence-electron chi connectivity index (χ4n) is 2.32. The third-order valence-electron chi connectivity index (χ3n) is 3.34. The van der Waals surface area contributed by atoms with E-state index in [0.29, 0.717) is 10.7 Å². The van der Waals surface area contributed by atoms with Gasteiger partial charge in [0.15, 0.2) is 5.16 Å². The van der Waals surface area contributed by atoms with Crippen LogP contribution >= 0.6 is 24.2 Å². The zero-order chi connectivity index (χ0) is 13.8. The van der Waals surface area contributed by atoms with Gasteiger partial charge in [0, 0.05) is 12.3 Å². The van der Waals surface area contributed by atoms with Crippen molar-refractivity contribution in [3.8, 4) is 5.88 Å². The van der Waals surface area contributed by atoms with E-state index in [1.165, 1.54) is 37.7 Å². The molecule has 2 rings (SSSR count). The summed E-state index contributed by atoms with van der Waals surface area (Å²) < 4.78 is 0. The SMILES string of the molecule is CC(C)c1c(O)nc(SCCN2CCCC2)[nH]c1=O.Cl. The summed E-state index contributed by atoms with van der Waals surface area (Å²) in [6.45, 7) is 7.07. The number of aromatic nitrogens is 2. The molecule has 0 spiro atoms. The molecule has 1 aromatic heterocycles. The molecule has 0 unspecified atom stereocenters.